The lowest BCUT2D eigenvalue weighted by Gasteiger charge is -2.56. The summed E-state index contributed by atoms with van der Waals surface area (Å²) >= 11 is 0. The van der Waals surface area contributed by atoms with Crippen LogP contribution in [0.1, 0.15) is 54.7 Å². The third-order valence-corrected chi connectivity index (χ3v) is 8.64. The van der Waals surface area contributed by atoms with Gasteiger partial charge in [-0.15, -0.1) is 0 Å². The maximum Gasteiger partial charge on any atom is 0.268 e. The molecule has 2 N–H and O–H groups in total. The second-order valence-electron chi connectivity index (χ2n) is 9.75. The predicted molar refractivity (Wildman–Crippen MR) is 115 cm³/mol. The highest BCUT2D eigenvalue weighted by atomic mass is 32.2. The highest BCUT2D eigenvalue weighted by molar-refractivity contribution is 7.84. The van der Waals surface area contributed by atoms with E-state index in [-0.39, 0.29) is 11.7 Å². The maximum absolute atomic E-state index is 13.1. The smallest absolute Gasteiger partial charge is 0.268 e. The molecule has 1 unspecified atom stereocenters. The number of aromatic amines is 1. The molecule has 4 saturated carbocycles. The monoisotopic (exact) mass is 438 g/mol. The molecule has 1 amide bonds. The van der Waals surface area contributed by atoms with Crippen molar-refractivity contribution in [3.8, 4) is 0 Å². The van der Waals surface area contributed by atoms with Gasteiger partial charge in [0.05, 0.1) is 22.2 Å². The van der Waals surface area contributed by atoms with E-state index in [9.17, 15) is 9.00 Å². The Hall–Kier alpha value is -2.55. The van der Waals surface area contributed by atoms with Crippen molar-refractivity contribution >= 4 is 22.4 Å². The fraction of sp³-hybridized carbons (Fsp3) is 0.545. The van der Waals surface area contributed by atoms with Crippen LogP contribution >= 0.6 is 0 Å². The highest BCUT2D eigenvalue weighted by Gasteiger charge is 2.50. The van der Waals surface area contributed by atoms with E-state index in [4.69, 9.17) is 0 Å². The van der Waals surface area contributed by atoms with E-state index >= 15 is 0 Å². The first-order valence-electron chi connectivity index (χ1n) is 11.1. The van der Waals surface area contributed by atoms with Crippen molar-refractivity contribution in [3.63, 3.8) is 0 Å². The van der Waals surface area contributed by atoms with Crippen LogP contribution < -0.4 is 5.32 Å². The molecule has 162 valence electrons. The fourth-order valence-corrected chi connectivity index (χ4v) is 7.55. The van der Waals surface area contributed by atoms with Gasteiger partial charge in [0.2, 0.25) is 5.16 Å². The van der Waals surface area contributed by atoms with Gasteiger partial charge in [0.1, 0.15) is 17.7 Å². The van der Waals surface area contributed by atoms with Gasteiger partial charge in [0.15, 0.2) is 0 Å². The molecule has 0 aliphatic heterocycles. The molecule has 4 aliphatic rings. The first-order valence-corrected chi connectivity index (χ1v) is 12.4. The number of aromatic nitrogens is 5. The van der Waals surface area contributed by atoms with Gasteiger partial charge >= 0.3 is 0 Å². The standard InChI is InChI=1S/C22H26N6O2S/c29-20(23-12-22-7-14-4-15(8-22)6-16(5-14)9-22)18-2-1-3-19-26-17(10-28(18)19)11-31(30)21-24-13-25-27-21/h1-3,10,13-16H,4-9,11-12H2,(H,23,29)(H,24,25,27). The summed E-state index contributed by atoms with van der Waals surface area (Å²) in [5.74, 6) is 2.75. The highest BCUT2D eigenvalue weighted by Crippen LogP contribution is 2.59. The minimum atomic E-state index is -1.36. The summed E-state index contributed by atoms with van der Waals surface area (Å²) in [6, 6.07) is 5.52. The molecule has 4 fully saturated rings. The average molecular weight is 439 g/mol. The molecule has 3 aromatic rings. The van der Waals surface area contributed by atoms with Crippen LogP contribution in [0.15, 0.2) is 35.9 Å². The van der Waals surface area contributed by atoms with Crippen LogP contribution in [0.4, 0.5) is 0 Å². The van der Waals surface area contributed by atoms with Gasteiger partial charge in [0.25, 0.3) is 5.91 Å². The van der Waals surface area contributed by atoms with Crippen molar-refractivity contribution in [3.05, 3.63) is 42.1 Å². The normalized spacial score (nSPS) is 30.0. The van der Waals surface area contributed by atoms with Crippen molar-refractivity contribution in [1.82, 2.24) is 29.9 Å². The Morgan fingerprint density at radius 2 is 1.94 bits per heavy atom. The number of nitrogens with one attached hydrogen (secondary N) is 2. The maximum atomic E-state index is 13.1. The molecule has 3 heterocycles. The second-order valence-corrected chi connectivity index (χ2v) is 11.1. The Bertz CT molecular complexity index is 1120. The van der Waals surface area contributed by atoms with Crippen LogP contribution in [-0.4, -0.2) is 41.2 Å². The van der Waals surface area contributed by atoms with Gasteiger partial charge in [-0.25, -0.2) is 9.97 Å². The summed E-state index contributed by atoms with van der Waals surface area (Å²) in [6.07, 6.45) is 11.1. The van der Waals surface area contributed by atoms with Gasteiger partial charge in [-0.05, 0) is 73.8 Å². The van der Waals surface area contributed by atoms with Crippen LogP contribution in [0.5, 0.6) is 0 Å². The first kappa shape index (κ1) is 19.2. The fourth-order valence-electron chi connectivity index (χ4n) is 6.69. The number of carbonyl (C=O) groups excluding carboxylic acids is 1. The number of amides is 1. The molecule has 31 heavy (non-hydrogen) atoms. The number of carbonyl (C=O) groups is 1. The number of hydrogen-bond donors (Lipinski definition) is 2. The molecule has 0 radical (unpaired) electrons. The molecule has 0 spiro atoms. The Kier molecular flexibility index (Phi) is 4.48. The molecule has 0 aromatic carbocycles. The molecule has 1 atom stereocenters. The molecule has 7 rings (SSSR count). The number of fused-ring (bicyclic) bond motifs is 1. The summed E-state index contributed by atoms with van der Waals surface area (Å²) < 4.78 is 14.2. The van der Waals surface area contributed by atoms with Crippen molar-refractivity contribution in [1.29, 1.82) is 0 Å². The van der Waals surface area contributed by atoms with E-state index < -0.39 is 10.8 Å². The number of rotatable bonds is 6. The third-order valence-electron chi connectivity index (χ3n) is 7.45. The summed E-state index contributed by atoms with van der Waals surface area (Å²) in [6.45, 7) is 0.767. The minimum Gasteiger partial charge on any atom is -0.350 e. The number of H-pyrrole nitrogens is 1. The minimum absolute atomic E-state index is 0.0679. The van der Waals surface area contributed by atoms with Crippen molar-refractivity contribution in [2.75, 3.05) is 6.54 Å². The van der Waals surface area contributed by atoms with Crippen molar-refractivity contribution < 1.29 is 9.00 Å². The van der Waals surface area contributed by atoms with Crippen LogP contribution in [0.3, 0.4) is 0 Å². The summed E-state index contributed by atoms with van der Waals surface area (Å²) in [7, 11) is -1.36. The lowest BCUT2D eigenvalue weighted by atomic mass is 9.49. The topological polar surface area (TPSA) is 105 Å². The molecule has 8 nitrogen and oxygen atoms in total. The van der Waals surface area contributed by atoms with Crippen LogP contribution in [-0.2, 0) is 16.6 Å². The Labute approximate surface area is 182 Å². The second kappa shape index (κ2) is 7.25. The molecule has 0 saturated heterocycles. The molecule has 4 aliphatic carbocycles. The molecular formula is C22H26N6O2S. The number of hydrogen-bond acceptors (Lipinski definition) is 5. The lowest BCUT2D eigenvalue weighted by Crippen LogP contribution is -2.51. The molecule has 4 bridgehead atoms. The van der Waals surface area contributed by atoms with Gasteiger partial charge in [0, 0.05) is 12.7 Å². The molecule has 3 aromatic heterocycles. The van der Waals surface area contributed by atoms with Crippen molar-refractivity contribution in [2.45, 2.75) is 49.4 Å². The van der Waals surface area contributed by atoms with Gasteiger partial charge < -0.3 is 5.32 Å². The van der Waals surface area contributed by atoms with E-state index in [1.807, 2.05) is 18.2 Å². The Morgan fingerprint density at radius 1 is 1.19 bits per heavy atom. The van der Waals surface area contributed by atoms with E-state index in [0.717, 1.165) is 24.3 Å². The zero-order chi connectivity index (χ0) is 21.0. The van der Waals surface area contributed by atoms with Gasteiger partial charge in [-0.1, -0.05) is 6.07 Å². The SMILES string of the molecule is O=C(NCC12CC3CC(CC(C3)C1)C2)c1cccc2nc(CS(=O)c3ncn[nH]3)cn12. The predicted octanol–water partition coefficient (Wildman–Crippen LogP) is 2.71. The summed E-state index contributed by atoms with van der Waals surface area (Å²) in [5.41, 5.74) is 2.18. The summed E-state index contributed by atoms with van der Waals surface area (Å²) in [4.78, 5) is 21.6. The zero-order valence-electron chi connectivity index (χ0n) is 17.3. The third kappa shape index (κ3) is 3.48. The first-order chi connectivity index (χ1) is 15.1. The van der Waals surface area contributed by atoms with E-state index in [1.54, 1.807) is 10.6 Å². The lowest BCUT2D eigenvalue weighted by molar-refractivity contribution is -0.0503. The van der Waals surface area contributed by atoms with Crippen LogP contribution in [0.2, 0.25) is 0 Å². The Morgan fingerprint density at radius 3 is 2.61 bits per heavy atom. The largest absolute Gasteiger partial charge is 0.350 e. The van der Waals surface area contributed by atoms with Crippen LogP contribution in [0, 0.1) is 23.2 Å². The van der Waals surface area contributed by atoms with Crippen LogP contribution in [0.25, 0.3) is 5.65 Å². The quantitative estimate of drug-likeness (QED) is 0.616. The average Bonchev–Trinajstić information content (AvgIpc) is 3.40. The number of nitrogens with zero attached hydrogens (tertiary/aromatic N) is 4. The molecular weight excluding hydrogens is 412 g/mol. The van der Waals surface area contributed by atoms with E-state index in [1.165, 1.54) is 44.9 Å². The zero-order valence-corrected chi connectivity index (χ0v) is 18.1. The number of imidazole rings is 1. The van der Waals surface area contributed by atoms with E-state index in [0.29, 0.717) is 27.6 Å². The number of pyridine rings is 1. The van der Waals surface area contributed by atoms with Gasteiger partial charge in [-0.3, -0.25) is 18.5 Å². The van der Waals surface area contributed by atoms with Crippen molar-refractivity contribution in [2.24, 2.45) is 23.2 Å². The van der Waals surface area contributed by atoms with Gasteiger partial charge in [-0.2, -0.15) is 5.10 Å². The summed E-state index contributed by atoms with van der Waals surface area (Å²) in [5, 5.41) is 9.95. The Balaban J connectivity index is 1.19. The molecule has 9 heteroatoms. The van der Waals surface area contributed by atoms with E-state index in [2.05, 4.69) is 25.5 Å².